The van der Waals surface area contributed by atoms with Gasteiger partial charge < -0.3 is 0 Å². The standard InChI is InChI=1S/C15H17FN2O2S/c1-11(2)18(14-6-4-12(3)5-7-14)21(19,20)15-8-13(16)9-17-10-15/h4-11H,1-3H3. The van der Waals surface area contributed by atoms with Crippen molar-refractivity contribution in [2.45, 2.75) is 31.7 Å². The number of aryl methyl sites for hydroxylation is 1. The van der Waals surface area contributed by atoms with Crippen LogP contribution < -0.4 is 4.31 Å². The minimum atomic E-state index is -3.86. The predicted molar refractivity (Wildman–Crippen MR) is 80.2 cm³/mol. The van der Waals surface area contributed by atoms with E-state index in [2.05, 4.69) is 4.98 Å². The summed E-state index contributed by atoms with van der Waals surface area (Å²) in [6, 6.07) is 7.82. The Morgan fingerprint density at radius 1 is 1.14 bits per heavy atom. The summed E-state index contributed by atoms with van der Waals surface area (Å²) in [6.45, 7) is 5.46. The van der Waals surface area contributed by atoms with Crippen molar-refractivity contribution < 1.29 is 12.8 Å². The molecule has 0 N–H and O–H groups in total. The topological polar surface area (TPSA) is 50.3 Å². The van der Waals surface area contributed by atoms with Crippen molar-refractivity contribution in [2.24, 2.45) is 0 Å². The number of halogens is 1. The molecule has 6 heteroatoms. The molecule has 0 fully saturated rings. The number of sulfonamides is 1. The van der Waals surface area contributed by atoms with Crippen molar-refractivity contribution >= 4 is 15.7 Å². The largest absolute Gasteiger partial charge is 0.266 e. The normalized spacial score (nSPS) is 11.7. The van der Waals surface area contributed by atoms with Crippen LogP contribution >= 0.6 is 0 Å². The van der Waals surface area contributed by atoms with Gasteiger partial charge in [-0.1, -0.05) is 17.7 Å². The zero-order valence-electron chi connectivity index (χ0n) is 12.1. The monoisotopic (exact) mass is 308 g/mol. The molecule has 0 bridgehead atoms. The lowest BCUT2D eigenvalue weighted by Crippen LogP contribution is -2.37. The minimum Gasteiger partial charge on any atom is -0.264 e. The molecule has 0 spiro atoms. The Balaban J connectivity index is 2.54. The second kappa shape index (κ2) is 5.81. The van der Waals surface area contributed by atoms with Crippen LogP contribution in [0.3, 0.4) is 0 Å². The zero-order valence-corrected chi connectivity index (χ0v) is 12.9. The van der Waals surface area contributed by atoms with Crippen LogP contribution in [0.4, 0.5) is 10.1 Å². The molecule has 1 aromatic heterocycles. The Bertz CT molecular complexity index is 728. The fourth-order valence-electron chi connectivity index (χ4n) is 2.05. The highest BCUT2D eigenvalue weighted by molar-refractivity contribution is 7.92. The van der Waals surface area contributed by atoms with Crippen molar-refractivity contribution in [3.8, 4) is 0 Å². The molecule has 0 atom stereocenters. The molecule has 2 rings (SSSR count). The summed E-state index contributed by atoms with van der Waals surface area (Å²) in [4.78, 5) is 3.46. The summed E-state index contributed by atoms with van der Waals surface area (Å²) in [5.74, 6) is -0.677. The van der Waals surface area contributed by atoms with Gasteiger partial charge in [0.25, 0.3) is 10.0 Å². The zero-order chi connectivity index (χ0) is 15.6. The van der Waals surface area contributed by atoms with E-state index < -0.39 is 15.8 Å². The minimum absolute atomic E-state index is 0.156. The van der Waals surface area contributed by atoms with Crippen molar-refractivity contribution in [1.29, 1.82) is 0 Å². The van der Waals surface area contributed by atoms with Gasteiger partial charge in [0.2, 0.25) is 0 Å². The molecule has 0 unspecified atom stereocenters. The van der Waals surface area contributed by atoms with Crippen LogP contribution in [0.1, 0.15) is 19.4 Å². The van der Waals surface area contributed by atoms with E-state index in [0.717, 1.165) is 24.0 Å². The summed E-state index contributed by atoms with van der Waals surface area (Å²) in [6.07, 6.45) is 2.13. The lowest BCUT2D eigenvalue weighted by atomic mass is 10.2. The van der Waals surface area contributed by atoms with E-state index in [9.17, 15) is 12.8 Å². The Hall–Kier alpha value is -1.95. The van der Waals surface area contributed by atoms with Gasteiger partial charge in [0, 0.05) is 12.2 Å². The SMILES string of the molecule is Cc1ccc(N(C(C)C)S(=O)(=O)c2cncc(F)c2)cc1. The van der Waals surface area contributed by atoms with Crippen LogP contribution in [0.25, 0.3) is 0 Å². The third kappa shape index (κ3) is 3.21. The van der Waals surface area contributed by atoms with E-state index in [1.54, 1.807) is 26.0 Å². The van der Waals surface area contributed by atoms with Crippen LogP contribution in [0.15, 0.2) is 47.6 Å². The van der Waals surface area contributed by atoms with Crippen LogP contribution in [0.2, 0.25) is 0 Å². The van der Waals surface area contributed by atoms with Gasteiger partial charge in [-0.25, -0.2) is 12.8 Å². The number of benzene rings is 1. The second-order valence-electron chi connectivity index (χ2n) is 5.07. The third-order valence-corrected chi connectivity index (χ3v) is 4.96. The molecule has 0 radical (unpaired) electrons. The highest BCUT2D eigenvalue weighted by Crippen LogP contribution is 2.26. The van der Waals surface area contributed by atoms with Gasteiger partial charge in [-0.2, -0.15) is 0 Å². The molecule has 2 aromatic rings. The number of rotatable bonds is 4. The molecule has 4 nitrogen and oxygen atoms in total. The Kier molecular flexibility index (Phi) is 4.27. The molecule has 0 aliphatic rings. The Morgan fingerprint density at radius 3 is 2.29 bits per heavy atom. The number of pyridine rings is 1. The molecule has 1 aromatic carbocycles. The Labute approximate surface area is 124 Å². The molecule has 0 saturated carbocycles. The van der Waals surface area contributed by atoms with Gasteiger partial charge in [-0.3, -0.25) is 9.29 Å². The summed E-state index contributed by atoms with van der Waals surface area (Å²) in [5, 5.41) is 0. The third-order valence-electron chi connectivity index (χ3n) is 2.99. The lowest BCUT2D eigenvalue weighted by Gasteiger charge is -2.28. The first-order valence-electron chi connectivity index (χ1n) is 6.54. The molecule has 112 valence electrons. The molecular formula is C15H17FN2O2S. The molecule has 0 amide bonds. The quantitative estimate of drug-likeness (QED) is 0.872. The molecular weight excluding hydrogens is 291 g/mol. The van der Waals surface area contributed by atoms with E-state index in [4.69, 9.17) is 0 Å². The molecule has 0 aliphatic carbocycles. The molecule has 0 saturated heterocycles. The highest BCUT2D eigenvalue weighted by atomic mass is 32.2. The Morgan fingerprint density at radius 2 is 1.76 bits per heavy atom. The molecule has 21 heavy (non-hydrogen) atoms. The van der Waals surface area contributed by atoms with Crippen molar-refractivity contribution in [3.63, 3.8) is 0 Å². The van der Waals surface area contributed by atoms with Crippen LogP contribution in [0.5, 0.6) is 0 Å². The number of hydrogen-bond acceptors (Lipinski definition) is 3. The van der Waals surface area contributed by atoms with Crippen molar-refractivity contribution in [1.82, 2.24) is 4.98 Å². The highest BCUT2D eigenvalue weighted by Gasteiger charge is 2.28. The van der Waals surface area contributed by atoms with Crippen LogP contribution in [0, 0.1) is 12.7 Å². The van der Waals surface area contributed by atoms with E-state index in [-0.39, 0.29) is 10.9 Å². The second-order valence-corrected chi connectivity index (χ2v) is 6.88. The number of anilines is 1. The summed E-state index contributed by atoms with van der Waals surface area (Å²) in [5.41, 5.74) is 1.58. The van der Waals surface area contributed by atoms with E-state index in [1.807, 2.05) is 19.1 Å². The maximum Gasteiger partial charge on any atom is 0.266 e. The van der Waals surface area contributed by atoms with Crippen LogP contribution in [-0.4, -0.2) is 19.4 Å². The van der Waals surface area contributed by atoms with E-state index in [0.29, 0.717) is 5.69 Å². The van der Waals surface area contributed by atoms with Gasteiger partial charge in [0.15, 0.2) is 0 Å². The van der Waals surface area contributed by atoms with Gasteiger partial charge >= 0.3 is 0 Å². The lowest BCUT2D eigenvalue weighted by molar-refractivity contribution is 0.578. The van der Waals surface area contributed by atoms with Gasteiger partial charge in [0.1, 0.15) is 10.7 Å². The number of nitrogens with zero attached hydrogens (tertiary/aromatic N) is 2. The average Bonchev–Trinajstić information content (AvgIpc) is 2.40. The molecule has 0 aliphatic heterocycles. The van der Waals surface area contributed by atoms with Crippen molar-refractivity contribution in [2.75, 3.05) is 4.31 Å². The van der Waals surface area contributed by atoms with E-state index in [1.165, 1.54) is 4.31 Å². The first-order chi connectivity index (χ1) is 9.82. The fourth-order valence-corrected chi connectivity index (χ4v) is 3.69. The first kappa shape index (κ1) is 15.4. The maximum absolute atomic E-state index is 13.3. The number of aromatic nitrogens is 1. The summed E-state index contributed by atoms with van der Waals surface area (Å²) in [7, 11) is -3.86. The molecule has 1 heterocycles. The number of hydrogen-bond donors (Lipinski definition) is 0. The predicted octanol–water partition coefficient (Wildman–Crippen LogP) is 3.13. The summed E-state index contributed by atoms with van der Waals surface area (Å²) >= 11 is 0. The van der Waals surface area contributed by atoms with E-state index >= 15 is 0 Å². The smallest absolute Gasteiger partial charge is 0.264 e. The average molecular weight is 308 g/mol. The van der Waals surface area contributed by atoms with Gasteiger partial charge in [-0.15, -0.1) is 0 Å². The van der Waals surface area contributed by atoms with Crippen LogP contribution in [-0.2, 0) is 10.0 Å². The fraction of sp³-hybridized carbons (Fsp3) is 0.267. The summed E-state index contributed by atoms with van der Waals surface area (Å²) < 4.78 is 40.0. The van der Waals surface area contributed by atoms with Gasteiger partial charge in [0.05, 0.1) is 11.9 Å². The van der Waals surface area contributed by atoms with Crippen molar-refractivity contribution in [3.05, 3.63) is 54.1 Å². The first-order valence-corrected chi connectivity index (χ1v) is 7.98. The van der Waals surface area contributed by atoms with Gasteiger partial charge in [-0.05, 0) is 39.0 Å². The maximum atomic E-state index is 13.3.